The van der Waals surface area contributed by atoms with Crippen LogP contribution >= 0.6 is 0 Å². The number of aliphatic carboxylic acids is 1. The van der Waals surface area contributed by atoms with E-state index in [9.17, 15) is 13.2 Å². The molecule has 0 aliphatic carbocycles. The van der Waals surface area contributed by atoms with E-state index in [4.69, 9.17) is 9.90 Å². The number of hydrogen-bond acceptors (Lipinski definition) is 4. The Morgan fingerprint density at radius 2 is 1.77 bits per heavy atom. The van der Waals surface area contributed by atoms with Crippen LogP contribution in [-0.4, -0.2) is 34.8 Å². The molecule has 4 rings (SSSR count). The number of nitrogens with zero attached hydrogens (tertiary/aromatic N) is 1. The Morgan fingerprint density at radius 3 is 2.48 bits per heavy atom. The number of carbonyl (C=O) groups is 1. The Bertz CT molecular complexity index is 1010. The predicted molar refractivity (Wildman–Crippen MR) is 113 cm³/mol. The number of alkyl halides is 3. The topological polar surface area (TPSA) is 74.2 Å². The smallest absolute Gasteiger partial charge is 0.475 e. The number of anilines is 1. The van der Waals surface area contributed by atoms with Gasteiger partial charge in [-0.1, -0.05) is 36.4 Å². The molecule has 1 aliphatic heterocycles. The maximum absolute atomic E-state index is 10.6. The lowest BCUT2D eigenvalue weighted by Gasteiger charge is -2.27. The summed E-state index contributed by atoms with van der Waals surface area (Å²) in [6.45, 7) is 1.86. The summed E-state index contributed by atoms with van der Waals surface area (Å²) in [4.78, 5) is 13.0. The lowest BCUT2D eigenvalue weighted by atomic mass is 9.99. The summed E-state index contributed by atoms with van der Waals surface area (Å²) in [7, 11) is 0. The van der Waals surface area contributed by atoms with Gasteiger partial charge in [-0.15, -0.1) is 0 Å². The number of aromatic nitrogens is 1. The number of rotatable bonds is 4. The number of hydrogen-bond donors (Lipinski definition) is 3. The summed E-state index contributed by atoms with van der Waals surface area (Å²) in [5, 5.41) is 14.3. The molecule has 1 atom stereocenters. The molecule has 3 aromatic rings. The molecule has 3 N–H and O–H groups in total. The van der Waals surface area contributed by atoms with E-state index in [0.29, 0.717) is 6.04 Å². The molecule has 0 saturated carbocycles. The summed E-state index contributed by atoms with van der Waals surface area (Å²) < 4.78 is 31.7. The highest BCUT2D eigenvalue weighted by atomic mass is 19.4. The van der Waals surface area contributed by atoms with Crippen molar-refractivity contribution in [2.45, 2.75) is 25.2 Å². The van der Waals surface area contributed by atoms with Crippen LogP contribution in [-0.2, 0) is 17.8 Å². The summed E-state index contributed by atoms with van der Waals surface area (Å²) >= 11 is 0. The third-order valence-electron chi connectivity index (χ3n) is 4.80. The van der Waals surface area contributed by atoms with E-state index in [-0.39, 0.29) is 0 Å². The largest absolute Gasteiger partial charge is 0.490 e. The van der Waals surface area contributed by atoms with Gasteiger partial charge in [0.05, 0.1) is 0 Å². The molecule has 162 valence electrons. The first kappa shape index (κ1) is 22.3. The third kappa shape index (κ3) is 6.55. The van der Waals surface area contributed by atoms with Gasteiger partial charge in [0, 0.05) is 37.2 Å². The standard InChI is InChI=1S/C21H21N3.C2HF3O2/c1-2-7-21-19(5-1)13-20(15-24-21)23-14-16-4-3-6-18(12-16)17-8-10-22-11-9-17;3-2(4,5)1(6)7/h1-12,20,23-24H,13-15H2;(H,6,7). The quantitative estimate of drug-likeness (QED) is 0.569. The van der Waals surface area contributed by atoms with Gasteiger partial charge in [0.25, 0.3) is 0 Å². The van der Waals surface area contributed by atoms with Crippen LogP contribution < -0.4 is 10.6 Å². The lowest BCUT2D eigenvalue weighted by Crippen LogP contribution is -2.39. The Balaban J connectivity index is 0.000000339. The summed E-state index contributed by atoms with van der Waals surface area (Å²) in [5.74, 6) is -2.76. The van der Waals surface area contributed by atoms with Crippen LogP contribution in [0.25, 0.3) is 11.1 Å². The van der Waals surface area contributed by atoms with Crippen molar-refractivity contribution >= 4 is 11.7 Å². The number of pyridine rings is 1. The average molecular weight is 429 g/mol. The zero-order chi connectivity index (χ0) is 22.3. The molecule has 0 radical (unpaired) electrons. The molecular formula is C23H22F3N3O2. The highest BCUT2D eigenvalue weighted by Crippen LogP contribution is 2.22. The number of halogens is 3. The number of fused-ring (bicyclic) bond motifs is 1. The van der Waals surface area contributed by atoms with Gasteiger partial charge in [0.2, 0.25) is 0 Å². The van der Waals surface area contributed by atoms with Crippen LogP contribution in [0.2, 0.25) is 0 Å². The van der Waals surface area contributed by atoms with Crippen molar-refractivity contribution in [3.63, 3.8) is 0 Å². The molecule has 2 aromatic carbocycles. The molecule has 0 spiro atoms. The number of carboxylic acids is 1. The summed E-state index contributed by atoms with van der Waals surface area (Å²) in [6, 6.07) is 21.8. The van der Waals surface area contributed by atoms with Gasteiger partial charge in [-0.3, -0.25) is 4.98 Å². The Labute approximate surface area is 178 Å². The Morgan fingerprint density at radius 1 is 1.06 bits per heavy atom. The molecule has 2 heterocycles. The van der Waals surface area contributed by atoms with Crippen LogP contribution in [0, 0.1) is 0 Å². The van der Waals surface area contributed by atoms with Gasteiger partial charge in [-0.25, -0.2) is 4.79 Å². The minimum Gasteiger partial charge on any atom is -0.475 e. The van der Waals surface area contributed by atoms with E-state index in [1.807, 2.05) is 12.4 Å². The van der Waals surface area contributed by atoms with Crippen molar-refractivity contribution in [2.75, 3.05) is 11.9 Å². The molecule has 0 fully saturated rings. The second-order valence-electron chi connectivity index (χ2n) is 7.06. The molecule has 5 nitrogen and oxygen atoms in total. The molecule has 8 heteroatoms. The molecular weight excluding hydrogens is 407 g/mol. The van der Waals surface area contributed by atoms with Crippen LogP contribution in [0.15, 0.2) is 73.1 Å². The van der Waals surface area contributed by atoms with Crippen molar-refractivity contribution < 1.29 is 23.1 Å². The maximum Gasteiger partial charge on any atom is 0.490 e. The second kappa shape index (κ2) is 10.1. The van der Waals surface area contributed by atoms with Crippen molar-refractivity contribution in [3.8, 4) is 11.1 Å². The fourth-order valence-corrected chi connectivity index (χ4v) is 3.25. The van der Waals surface area contributed by atoms with Gasteiger partial charge < -0.3 is 15.7 Å². The fraction of sp³-hybridized carbons (Fsp3) is 0.217. The van der Waals surface area contributed by atoms with Crippen LogP contribution in [0.3, 0.4) is 0 Å². The molecule has 1 aliphatic rings. The summed E-state index contributed by atoms with van der Waals surface area (Å²) in [5.41, 5.74) is 6.43. The first-order valence-electron chi connectivity index (χ1n) is 9.67. The van der Waals surface area contributed by atoms with Crippen molar-refractivity contribution in [3.05, 3.63) is 84.2 Å². The van der Waals surface area contributed by atoms with E-state index < -0.39 is 12.1 Å². The molecule has 31 heavy (non-hydrogen) atoms. The number of para-hydroxylation sites is 1. The minimum atomic E-state index is -5.08. The van der Waals surface area contributed by atoms with Crippen molar-refractivity contribution in [2.24, 2.45) is 0 Å². The van der Waals surface area contributed by atoms with Gasteiger partial charge in [-0.05, 0) is 52.9 Å². The highest BCUT2D eigenvalue weighted by Gasteiger charge is 2.38. The predicted octanol–water partition coefficient (Wildman–Crippen LogP) is 4.51. The van der Waals surface area contributed by atoms with Crippen molar-refractivity contribution in [1.29, 1.82) is 0 Å². The van der Waals surface area contributed by atoms with E-state index in [1.54, 1.807) is 0 Å². The molecule has 1 unspecified atom stereocenters. The summed E-state index contributed by atoms with van der Waals surface area (Å²) in [6.07, 6.45) is -0.329. The lowest BCUT2D eigenvalue weighted by molar-refractivity contribution is -0.192. The fourth-order valence-electron chi connectivity index (χ4n) is 3.25. The molecule has 1 aromatic heterocycles. The minimum absolute atomic E-state index is 0.462. The number of nitrogens with one attached hydrogen (secondary N) is 2. The zero-order valence-corrected chi connectivity index (χ0v) is 16.6. The number of benzene rings is 2. The van der Waals surface area contributed by atoms with E-state index >= 15 is 0 Å². The van der Waals surface area contributed by atoms with E-state index in [2.05, 4.69) is 76.3 Å². The zero-order valence-electron chi connectivity index (χ0n) is 16.6. The van der Waals surface area contributed by atoms with Gasteiger partial charge in [0.1, 0.15) is 0 Å². The first-order chi connectivity index (χ1) is 14.8. The van der Waals surface area contributed by atoms with Crippen LogP contribution in [0.5, 0.6) is 0 Å². The Hall–Kier alpha value is -3.39. The molecule has 0 amide bonds. The molecule has 0 bridgehead atoms. The SMILES string of the molecule is O=C(O)C(F)(F)F.c1cc(CNC2CNc3ccccc3C2)cc(-c2ccncc2)c1. The average Bonchev–Trinajstić information content (AvgIpc) is 2.78. The van der Waals surface area contributed by atoms with Gasteiger partial charge in [-0.2, -0.15) is 13.2 Å². The highest BCUT2D eigenvalue weighted by molar-refractivity contribution is 5.73. The van der Waals surface area contributed by atoms with Gasteiger partial charge in [0.15, 0.2) is 0 Å². The second-order valence-corrected chi connectivity index (χ2v) is 7.06. The van der Waals surface area contributed by atoms with E-state index in [0.717, 1.165) is 19.5 Å². The Kier molecular flexibility index (Phi) is 7.25. The van der Waals surface area contributed by atoms with E-state index in [1.165, 1.54) is 27.9 Å². The first-order valence-corrected chi connectivity index (χ1v) is 9.67. The van der Waals surface area contributed by atoms with Gasteiger partial charge >= 0.3 is 12.1 Å². The van der Waals surface area contributed by atoms with Crippen LogP contribution in [0.1, 0.15) is 11.1 Å². The number of carboxylic acid groups (broad SMARTS) is 1. The van der Waals surface area contributed by atoms with Crippen LogP contribution in [0.4, 0.5) is 18.9 Å². The maximum atomic E-state index is 10.6. The third-order valence-corrected chi connectivity index (χ3v) is 4.80. The monoisotopic (exact) mass is 429 g/mol. The van der Waals surface area contributed by atoms with Crippen molar-refractivity contribution in [1.82, 2.24) is 10.3 Å². The molecule has 0 saturated heterocycles. The normalized spacial score (nSPS) is 15.1.